The van der Waals surface area contributed by atoms with Gasteiger partial charge in [0.2, 0.25) is 5.91 Å². The maximum Gasteiger partial charge on any atom is 0.408 e. The van der Waals surface area contributed by atoms with Crippen molar-refractivity contribution in [1.82, 2.24) is 24.4 Å². The Kier molecular flexibility index (Phi) is 13.0. The van der Waals surface area contributed by atoms with Gasteiger partial charge in [-0.25, -0.2) is 14.8 Å². The number of alkyl carbamates (subject to hydrolysis) is 1. The van der Waals surface area contributed by atoms with E-state index in [2.05, 4.69) is 25.3 Å². The second kappa shape index (κ2) is 15.2. The number of nitrogens with one attached hydrogen (secondary N) is 2. The standard InChI is InChI=1S/C19H32N4O5.C9H15N3O2/c1-8-9-13(21-17(26)28-18(2,3)4)16(25)22-14-11-23(12-20-14)19(5,6)10-15(24)27-7;1-9(2,4-8(13)14-3)12-5-7(10)11-6-12/h11-13H,8-10H2,1-7H3,(H,21,26)(H,22,25);5-6H,4,10H2,1-3H3. The number of carbonyl (C=O) groups excluding carboxylic acids is 4. The molecule has 0 aliphatic carbocycles. The number of carbonyl (C=O) groups is 4. The fraction of sp³-hybridized carbons (Fsp3) is 0.643. The Labute approximate surface area is 247 Å². The monoisotopic (exact) mass is 593 g/mol. The van der Waals surface area contributed by atoms with E-state index in [-0.39, 0.29) is 29.8 Å². The Morgan fingerprint density at radius 1 is 0.881 bits per heavy atom. The van der Waals surface area contributed by atoms with E-state index in [1.807, 2.05) is 34.6 Å². The van der Waals surface area contributed by atoms with Gasteiger partial charge >= 0.3 is 18.0 Å². The fourth-order valence-corrected chi connectivity index (χ4v) is 3.64. The van der Waals surface area contributed by atoms with E-state index in [1.54, 1.807) is 48.6 Å². The van der Waals surface area contributed by atoms with Crippen molar-refractivity contribution in [1.29, 1.82) is 0 Å². The second-order valence-electron chi connectivity index (χ2n) is 12.0. The first-order chi connectivity index (χ1) is 19.3. The summed E-state index contributed by atoms with van der Waals surface area (Å²) in [5.41, 5.74) is 3.91. The molecule has 2 rings (SSSR count). The molecule has 42 heavy (non-hydrogen) atoms. The van der Waals surface area contributed by atoms with Gasteiger partial charge < -0.3 is 39.7 Å². The summed E-state index contributed by atoms with van der Waals surface area (Å²) in [6.45, 7) is 14.7. The highest BCUT2D eigenvalue weighted by atomic mass is 16.6. The van der Waals surface area contributed by atoms with Crippen LogP contribution in [-0.2, 0) is 39.7 Å². The van der Waals surface area contributed by atoms with Crippen molar-refractivity contribution in [2.24, 2.45) is 0 Å². The third-order valence-electron chi connectivity index (χ3n) is 6.03. The van der Waals surface area contributed by atoms with Gasteiger partial charge in [0, 0.05) is 12.4 Å². The number of hydrogen-bond donors (Lipinski definition) is 3. The first kappa shape index (κ1) is 35.9. The Hall–Kier alpha value is -4.10. The van der Waals surface area contributed by atoms with Crippen LogP contribution in [0.5, 0.6) is 0 Å². The number of rotatable bonds is 11. The van der Waals surface area contributed by atoms with E-state index >= 15 is 0 Å². The molecule has 0 bridgehead atoms. The molecule has 2 aromatic heterocycles. The molecule has 14 nitrogen and oxygen atoms in total. The van der Waals surface area contributed by atoms with Crippen LogP contribution in [0.4, 0.5) is 16.4 Å². The molecule has 0 aliphatic heterocycles. The van der Waals surface area contributed by atoms with Gasteiger partial charge in [-0.15, -0.1) is 0 Å². The van der Waals surface area contributed by atoms with Crippen LogP contribution in [0.2, 0.25) is 0 Å². The minimum Gasteiger partial charge on any atom is -0.469 e. The fourth-order valence-electron chi connectivity index (χ4n) is 3.64. The molecule has 0 aromatic carbocycles. The number of imidazole rings is 2. The van der Waals surface area contributed by atoms with Crippen LogP contribution in [0.1, 0.15) is 81.1 Å². The van der Waals surface area contributed by atoms with Gasteiger partial charge in [-0.05, 0) is 54.9 Å². The lowest BCUT2D eigenvalue weighted by atomic mass is 10.0. The second-order valence-corrected chi connectivity index (χ2v) is 12.0. The van der Waals surface area contributed by atoms with E-state index in [1.165, 1.54) is 20.5 Å². The predicted molar refractivity (Wildman–Crippen MR) is 157 cm³/mol. The summed E-state index contributed by atoms with van der Waals surface area (Å²) in [6.07, 6.45) is 7.44. The highest BCUT2D eigenvalue weighted by Gasteiger charge is 2.27. The van der Waals surface area contributed by atoms with Crippen molar-refractivity contribution in [3.05, 3.63) is 25.0 Å². The molecule has 0 saturated heterocycles. The Morgan fingerprint density at radius 2 is 1.38 bits per heavy atom. The van der Waals surface area contributed by atoms with Crippen LogP contribution in [0.15, 0.2) is 25.0 Å². The van der Waals surface area contributed by atoms with Crippen molar-refractivity contribution in [3.8, 4) is 0 Å². The minimum absolute atomic E-state index is 0.159. The summed E-state index contributed by atoms with van der Waals surface area (Å²) in [7, 11) is 2.71. The Balaban J connectivity index is 0.000000525. The normalized spacial score (nSPS) is 12.3. The van der Waals surface area contributed by atoms with Gasteiger partial charge in [-0.3, -0.25) is 14.4 Å². The zero-order valence-electron chi connectivity index (χ0n) is 26.4. The van der Waals surface area contributed by atoms with Crippen LogP contribution >= 0.6 is 0 Å². The number of nitrogens with zero attached hydrogens (tertiary/aromatic N) is 4. The lowest BCUT2D eigenvalue weighted by molar-refractivity contribution is -0.143. The molecule has 0 saturated carbocycles. The number of amides is 2. The summed E-state index contributed by atoms with van der Waals surface area (Å²) in [6, 6.07) is -0.743. The maximum atomic E-state index is 12.6. The lowest BCUT2D eigenvalue weighted by Gasteiger charge is -2.25. The van der Waals surface area contributed by atoms with Crippen molar-refractivity contribution in [3.63, 3.8) is 0 Å². The van der Waals surface area contributed by atoms with E-state index in [4.69, 9.17) is 15.2 Å². The SMILES string of the molecule is CCCC(NC(=O)OC(C)(C)C)C(=O)Nc1cn(C(C)(C)CC(=O)OC)cn1.COC(=O)CC(C)(C)n1cnc(N)c1. The number of nitrogen functional groups attached to an aromatic ring is 1. The maximum absolute atomic E-state index is 12.6. The van der Waals surface area contributed by atoms with Crippen LogP contribution < -0.4 is 16.4 Å². The van der Waals surface area contributed by atoms with Gasteiger partial charge in [-0.1, -0.05) is 13.3 Å². The number of nitrogens with two attached hydrogens (primary N) is 1. The third-order valence-corrected chi connectivity index (χ3v) is 6.03. The third kappa shape index (κ3) is 12.2. The number of anilines is 2. The highest BCUT2D eigenvalue weighted by molar-refractivity contribution is 5.95. The van der Waals surface area contributed by atoms with Crippen LogP contribution in [0.3, 0.4) is 0 Å². The zero-order valence-corrected chi connectivity index (χ0v) is 26.4. The summed E-state index contributed by atoms with van der Waals surface area (Å²) < 4.78 is 18.1. The van der Waals surface area contributed by atoms with Gasteiger partial charge in [0.15, 0.2) is 5.82 Å². The molecule has 236 valence electrons. The minimum atomic E-state index is -0.743. The highest BCUT2D eigenvalue weighted by Crippen LogP contribution is 2.22. The molecule has 0 spiro atoms. The largest absolute Gasteiger partial charge is 0.469 e. The van der Waals surface area contributed by atoms with Gasteiger partial charge in [0.1, 0.15) is 17.5 Å². The molecule has 4 N–H and O–H groups in total. The van der Waals surface area contributed by atoms with Crippen LogP contribution in [-0.4, -0.2) is 68.9 Å². The predicted octanol–water partition coefficient (Wildman–Crippen LogP) is 3.58. The molecular formula is C28H47N7O7. The van der Waals surface area contributed by atoms with Crippen LogP contribution in [0, 0.1) is 0 Å². The summed E-state index contributed by atoms with van der Waals surface area (Å²) in [5.74, 6) is -0.196. The van der Waals surface area contributed by atoms with Gasteiger partial charge in [0.25, 0.3) is 0 Å². The van der Waals surface area contributed by atoms with Crippen molar-refractivity contribution in [2.75, 3.05) is 25.3 Å². The van der Waals surface area contributed by atoms with Crippen molar-refractivity contribution in [2.45, 2.75) is 104 Å². The van der Waals surface area contributed by atoms with Crippen LogP contribution in [0.25, 0.3) is 0 Å². The summed E-state index contributed by atoms with van der Waals surface area (Å²) in [4.78, 5) is 55.3. The summed E-state index contributed by atoms with van der Waals surface area (Å²) >= 11 is 0. The molecule has 2 aromatic rings. The molecule has 0 aliphatic rings. The first-order valence-corrected chi connectivity index (χ1v) is 13.6. The van der Waals surface area contributed by atoms with E-state index in [0.717, 1.165) is 0 Å². The number of aromatic nitrogens is 4. The van der Waals surface area contributed by atoms with E-state index in [0.29, 0.717) is 30.9 Å². The van der Waals surface area contributed by atoms with E-state index in [9.17, 15) is 19.2 Å². The summed E-state index contributed by atoms with van der Waals surface area (Å²) in [5, 5.41) is 5.29. The number of esters is 2. The molecular weight excluding hydrogens is 546 g/mol. The number of ether oxygens (including phenoxy) is 3. The lowest BCUT2D eigenvalue weighted by Crippen LogP contribution is -2.45. The smallest absolute Gasteiger partial charge is 0.408 e. The number of methoxy groups -OCH3 is 2. The van der Waals surface area contributed by atoms with Crippen molar-refractivity contribution >= 4 is 35.6 Å². The molecule has 2 amide bonds. The first-order valence-electron chi connectivity index (χ1n) is 13.6. The molecule has 2 heterocycles. The van der Waals surface area contributed by atoms with Crippen molar-refractivity contribution < 1.29 is 33.4 Å². The molecule has 14 heteroatoms. The molecule has 0 radical (unpaired) electrons. The average molecular weight is 594 g/mol. The molecule has 1 unspecified atom stereocenters. The van der Waals surface area contributed by atoms with Gasteiger partial charge in [0.05, 0.1) is 50.8 Å². The molecule has 1 atom stereocenters. The molecule has 0 fully saturated rings. The topological polar surface area (TPSA) is 182 Å². The Morgan fingerprint density at radius 3 is 1.81 bits per heavy atom. The van der Waals surface area contributed by atoms with Gasteiger partial charge in [-0.2, -0.15) is 0 Å². The Bertz CT molecular complexity index is 1200. The quantitative estimate of drug-likeness (QED) is 0.257. The number of hydrogen-bond acceptors (Lipinski definition) is 10. The van der Waals surface area contributed by atoms with E-state index < -0.39 is 23.3 Å². The average Bonchev–Trinajstić information content (AvgIpc) is 3.52. The zero-order chi connectivity index (χ0) is 32.3.